The van der Waals surface area contributed by atoms with E-state index in [-0.39, 0.29) is 0 Å². The van der Waals surface area contributed by atoms with Gasteiger partial charge >= 0.3 is 0 Å². The molecule has 0 amide bonds. The van der Waals surface area contributed by atoms with Crippen LogP contribution < -0.4 is 10.6 Å². The van der Waals surface area contributed by atoms with Crippen LogP contribution in [0.3, 0.4) is 0 Å². The van der Waals surface area contributed by atoms with E-state index < -0.39 is 0 Å². The van der Waals surface area contributed by atoms with Crippen LogP contribution in [0, 0.1) is 0 Å². The number of hydrogen-bond donors (Lipinski definition) is 1. The maximum absolute atomic E-state index is 5.81. The number of fused-ring (bicyclic) bond motifs is 1. The number of rotatable bonds is 3. The lowest BCUT2D eigenvalue weighted by atomic mass is 10.3. The molecule has 0 bridgehead atoms. The Hall–Kier alpha value is -2.08. The Balaban J connectivity index is 2.00. The van der Waals surface area contributed by atoms with Crippen molar-refractivity contribution in [3.05, 3.63) is 41.0 Å². The van der Waals surface area contributed by atoms with E-state index >= 15 is 0 Å². The van der Waals surface area contributed by atoms with Crippen LogP contribution in [0.25, 0.3) is 5.65 Å². The van der Waals surface area contributed by atoms with Gasteiger partial charge in [0.25, 0.3) is 0 Å². The minimum absolute atomic E-state index is 0.493. The third-order valence-corrected chi connectivity index (χ3v) is 3.47. The second kappa shape index (κ2) is 4.30. The molecule has 0 aromatic carbocycles. The van der Waals surface area contributed by atoms with Gasteiger partial charge in [0.15, 0.2) is 11.5 Å². The molecule has 5 nitrogen and oxygen atoms in total. The molecule has 0 aliphatic carbocycles. The summed E-state index contributed by atoms with van der Waals surface area (Å²) in [4.78, 5) is 10.8. The first-order valence-corrected chi connectivity index (χ1v) is 6.50. The third-order valence-electron chi connectivity index (χ3n) is 2.74. The van der Waals surface area contributed by atoms with Gasteiger partial charge in [-0.3, -0.25) is 0 Å². The van der Waals surface area contributed by atoms with Crippen LogP contribution in [0.2, 0.25) is 0 Å². The van der Waals surface area contributed by atoms with Crippen LogP contribution >= 0.6 is 11.3 Å². The number of anilines is 2. The van der Waals surface area contributed by atoms with Crippen LogP contribution in [0.15, 0.2) is 35.4 Å². The maximum Gasteiger partial charge on any atom is 0.180 e. The Morgan fingerprint density at radius 2 is 2.39 bits per heavy atom. The van der Waals surface area contributed by atoms with Crippen molar-refractivity contribution < 1.29 is 0 Å². The molecule has 0 aliphatic heterocycles. The van der Waals surface area contributed by atoms with Gasteiger partial charge in [0.1, 0.15) is 5.82 Å². The molecule has 0 atom stereocenters. The predicted octanol–water partition coefficient (Wildman–Crippen LogP) is 2.01. The molecule has 3 aromatic rings. The molecule has 3 rings (SSSR count). The monoisotopic (exact) mass is 259 g/mol. The first kappa shape index (κ1) is 11.0. The fourth-order valence-corrected chi connectivity index (χ4v) is 2.58. The number of nitrogen functional groups attached to an aromatic ring is 1. The van der Waals surface area contributed by atoms with Gasteiger partial charge in [-0.2, -0.15) is 11.3 Å². The average Bonchev–Trinajstić information content (AvgIpc) is 2.97. The molecule has 0 saturated carbocycles. The number of thiophene rings is 1. The lowest BCUT2D eigenvalue weighted by Crippen LogP contribution is -2.19. The second-order valence-corrected chi connectivity index (χ2v) is 4.92. The van der Waals surface area contributed by atoms with Gasteiger partial charge in [-0.15, -0.1) is 0 Å². The van der Waals surface area contributed by atoms with Crippen molar-refractivity contribution in [2.75, 3.05) is 17.7 Å². The predicted molar refractivity (Wildman–Crippen MR) is 73.8 cm³/mol. The van der Waals surface area contributed by atoms with Crippen LogP contribution in [0.4, 0.5) is 11.6 Å². The van der Waals surface area contributed by atoms with E-state index in [1.54, 1.807) is 23.7 Å². The minimum Gasteiger partial charge on any atom is -0.382 e. The molecule has 3 aromatic heterocycles. The number of aromatic nitrogens is 3. The summed E-state index contributed by atoms with van der Waals surface area (Å²) in [5, 5.41) is 4.20. The smallest absolute Gasteiger partial charge is 0.180 e. The van der Waals surface area contributed by atoms with Crippen LogP contribution in [-0.4, -0.2) is 21.4 Å². The van der Waals surface area contributed by atoms with Crippen molar-refractivity contribution in [2.45, 2.75) is 6.54 Å². The summed E-state index contributed by atoms with van der Waals surface area (Å²) in [6, 6.07) is 2.11. The number of nitrogens with two attached hydrogens (primary N) is 1. The number of imidazole rings is 1. The Bertz CT molecular complexity index is 658. The van der Waals surface area contributed by atoms with Crippen molar-refractivity contribution >= 4 is 28.6 Å². The molecule has 3 heterocycles. The van der Waals surface area contributed by atoms with Crippen LogP contribution in [-0.2, 0) is 6.54 Å². The Labute approximate surface area is 109 Å². The SMILES string of the molecule is CN(Cc1ccsc1)c1nc(N)cn2ccnc12. The maximum atomic E-state index is 5.81. The zero-order chi connectivity index (χ0) is 12.5. The fourth-order valence-electron chi connectivity index (χ4n) is 1.92. The first-order chi connectivity index (χ1) is 8.74. The van der Waals surface area contributed by atoms with Crippen molar-refractivity contribution in [3.63, 3.8) is 0 Å². The molecule has 6 heteroatoms. The van der Waals surface area contributed by atoms with E-state index in [1.807, 2.05) is 17.6 Å². The molecule has 0 spiro atoms. The largest absolute Gasteiger partial charge is 0.382 e. The highest BCUT2D eigenvalue weighted by Gasteiger charge is 2.11. The summed E-state index contributed by atoms with van der Waals surface area (Å²) < 4.78 is 1.89. The van der Waals surface area contributed by atoms with Gasteiger partial charge < -0.3 is 15.0 Å². The number of hydrogen-bond acceptors (Lipinski definition) is 5. The standard InChI is InChI=1S/C12H13N5S/c1-16(6-9-2-5-18-8-9)12-11-14-3-4-17(11)7-10(13)15-12/h2-5,7-8H,6,13H2,1H3. The van der Waals surface area contributed by atoms with E-state index in [0.29, 0.717) is 5.82 Å². The van der Waals surface area contributed by atoms with Crippen LogP contribution in [0.1, 0.15) is 5.56 Å². The summed E-state index contributed by atoms with van der Waals surface area (Å²) >= 11 is 1.69. The molecular formula is C12H13N5S. The molecule has 2 N–H and O–H groups in total. The van der Waals surface area contributed by atoms with Gasteiger partial charge in [-0.1, -0.05) is 0 Å². The lowest BCUT2D eigenvalue weighted by Gasteiger charge is -2.18. The highest BCUT2D eigenvalue weighted by molar-refractivity contribution is 7.07. The quantitative estimate of drug-likeness (QED) is 0.781. The minimum atomic E-state index is 0.493. The van der Waals surface area contributed by atoms with Gasteiger partial charge in [0.05, 0.1) is 6.20 Å². The van der Waals surface area contributed by atoms with Gasteiger partial charge in [0.2, 0.25) is 0 Å². The van der Waals surface area contributed by atoms with E-state index in [1.165, 1.54) is 5.56 Å². The zero-order valence-corrected chi connectivity index (χ0v) is 10.8. The zero-order valence-electron chi connectivity index (χ0n) is 9.95. The summed E-state index contributed by atoms with van der Waals surface area (Å²) in [5.41, 5.74) is 7.89. The lowest BCUT2D eigenvalue weighted by molar-refractivity contribution is 0.897. The van der Waals surface area contributed by atoms with Gasteiger partial charge in [-0.05, 0) is 22.4 Å². The summed E-state index contributed by atoms with van der Waals surface area (Å²) in [5.74, 6) is 1.29. The molecule has 0 radical (unpaired) electrons. The van der Waals surface area contributed by atoms with E-state index in [9.17, 15) is 0 Å². The van der Waals surface area contributed by atoms with E-state index in [2.05, 4.69) is 31.7 Å². The fraction of sp³-hybridized carbons (Fsp3) is 0.167. The molecular weight excluding hydrogens is 246 g/mol. The first-order valence-electron chi connectivity index (χ1n) is 5.55. The van der Waals surface area contributed by atoms with Crippen molar-refractivity contribution in [1.29, 1.82) is 0 Å². The molecule has 0 aliphatic rings. The topological polar surface area (TPSA) is 59.5 Å². The normalized spacial score (nSPS) is 10.9. The Kier molecular flexibility index (Phi) is 2.64. The Morgan fingerprint density at radius 1 is 1.50 bits per heavy atom. The second-order valence-electron chi connectivity index (χ2n) is 4.14. The van der Waals surface area contributed by atoms with Crippen molar-refractivity contribution in [2.24, 2.45) is 0 Å². The van der Waals surface area contributed by atoms with Crippen LogP contribution in [0.5, 0.6) is 0 Å². The molecule has 18 heavy (non-hydrogen) atoms. The van der Waals surface area contributed by atoms with E-state index in [4.69, 9.17) is 5.73 Å². The summed E-state index contributed by atoms with van der Waals surface area (Å²) in [7, 11) is 1.99. The van der Waals surface area contributed by atoms with E-state index in [0.717, 1.165) is 18.0 Å². The van der Waals surface area contributed by atoms with Crippen molar-refractivity contribution in [3.8, 4) is 0 Å². The molecule has 0 fully saturated rings. The van der Waals surface area contributed by atoms with Gasteiger partial charge in [0, 0.05) is 26.0 Å². The molecule has 0 unspecified atom stereocenters. The van der Waals surface area contributed by atoms with Crippen molar-refractivity contribution in [1.82, 2.24) is 14.4 Å². The third kappa shape index (κ3) is 1.91. The number of nitrogens with zero attached hydrogens (tertiary/aromatic N) is 4. The summed E-state index contributed by atoms with van der Waals surface area (Å²) in [6.07, 6.45) is 5.39. The Morgan fingerprint density at radius 3 is 3.17 bits per heavy atom. The molecule has 0 saturated heterocycles. The van der Waals surface area contributed by atoms with Gasteiger partial charge in [-0.25, -0.2) is 9.97 Å². The highest BCUT2D eigenvalue weighted by atomic mass is 32.1. The molecule has 92 valence electrons. The highest BCUT2D eigenvalue weighted by Crippen LogP contribution is 2.20. The average molecular weight is 259 g/mol. The summed E-state index contributed by atoms with van der Waals surface area (Å²) in [6.45, 7) is 0.794.